The minimum Gasteiger partial charge on any atom is -0.393 e. The van der Waals surface area contributed by atoms with Gasteiger partial charge in [0.2, 0.25) is 0 Å². The second kappa shape index (κ2) is 3.90. The number of unbranched alkanes of at least 4 members (excludes halogenated alkanes) is 1. The van der Waals surface area contributed by atoms with Crippen LogP contribution in [0.5, 0.6) is 0 Å². The third kappa shape index (κ3) is 2.83. The van der Waals surface area contributed by atoms with Crippen LogP contribution in [0.2, 0.25) is 0 Å². The van der Waals surface area contributed by atoms with Crippen molar-refractivity contribution in [3.63, 3.8) is 0 Å². The Hall–Kier alpha value is -0.860. The molecule has 0 radical (unpaired) electrons. The molecule has 0 amide bonds. The summed E-state index contributed by atoms with van der Waals surface area (Å²) in [6, 6.07) is 0. The minimum atomic E-state index is -0.366. The number of hydrogen-bond donors (Lipinski definition) is 0. The summed E-state index contributed by atoms with van der Waals surface area (Å²) in [5.41, 5.74) is -0.150. The molecule has 1 fully saturated rings. The molecule has 0 spiro atoms. The average molecular weight is 184 g/mol. The summed E-state index contributed by atoms with van der Waals surface area (Å²) in [5.74, 6) is -0.732. The SMILES string of the molecule is CCCCC1(C)CC(=O)OC(=O)C1. The van der Waals surface area contributed by atoms with Gasteiger partial charge < -0.3 is 4.74 Å². The Morgan fingerprint density at radius 3 is 2.31 bits per heavy atom. The van der Waals surface area contributed by atoms with Crippen molar-refractivity contribution in [2.45, 2.75) is 46.0 Å². The number of esters is 2. The Kier molecular flexibility index (Phi) is 3.07. The number of carbonyl (C=O) groups is 2. The third-order valence-electron chi connectivity index (χ3n) is 2.50. The van der Waals surface area contributed by atoms with E-state index >= 15 is 0 Å². The van der Waals surface area contributed by atoms with Gasteiger partial charge in [0.25, 0.3) is 0 Å². The van der Waals surface area contributed by atoms with Crippen molar-refractivity contribution in [1.82, 2.24) is 0 Å². The first-order chi connectivity index (χ1) is 6.06. The summed E-state index contributed by atoms with van der Waals surface area (Å²) in [6.07, 6.45) is 3.87. The molecular weight excluding hydrogens is 168 g/mol. The molecule has 1 aliphatic rings. The summed E-state index contributed by atoms with van der Waals surface area (Å²) >= 11 is 0. The number of ether oxygens (including phenoxy) is 1. The molecule has 0 aliphatic carbocycles. The zero-order chi connectivity index (χ0) is 9.90. The van der Waals surface area contributed by atoms with Crippen LogP contribution >= 0.6 is 0 Å². The Balaban J connectivity index is 2.55. The smallest absolute Gasteiger partial charge is 0.314 e. The fourth-order valence-corrected chi connectivity index (χ4v) is 1.74. The van der Waals surface area contributed by atoms with Crippen molar-refractivity contribution < 1.29 is 14.3 Å². The van der Waals surface area contributed by atoms with Gasteiger partial charge in [-0.05, 0) is 11.8 Å². The van der Waals surface area contributed by atoms with Gasteiger partial charge in [0.05, 0.1) is 12.8 Å². The number of rotatable bonds is 3. The Morgan fingerprint density at radius 1 is 1.31 bits per heavy atom. The first-order valence-electron chi connectivity index (χ1n) is 4.79. The molecule has 13 heavy (non-hydrogen) atoms. The zero-order valence-corrected chi connectivity index (χ0v) is 8.26. The maximum atomic E-state index is 11.0. The van der Waals surface area contributed by atoms with E-state index in [1.165, 1.54) is 0 Å². The molecule has 1 saturated heterocycles. The monoisotopic (exact) mass is 184 g/mol. The quantitative estimate of drug-likeness (QED) is 0.498. The fourth-order valence-electron chi connectivity index (χ4n) is 1.74. The van der Waals surface area contributed by atoms with E-state index in [0.717, 1.165) is 19.3 Å². The van der Waals surface area contributed by atoms with Crippen LogP contribution in [0.25, 0.3) is 0 Å². The van der Waals surface area contributed by atoms with Gasteiger partial charge in [-0.1, -0.05) is 26.7 Å². The summed E-state index contributed by atoms with van der Waals surface area (Å²) in [7, 11) is 0. The molecule has 3 nitrogen and oxygen atoms in total. The van der Waals surface area contributed by atoms with Crippen molar-refractivity contribution in [3.8, 4) is 0 Å². The number of carbonyl (C=O) groups excluding carboxylic acids is 2. The molecular formula is C10H16O3. The summed E-state index contributed by atoms with van der Waals surface area (Å²) in [5, 5.41) is 0. The van der Waals surface area contributed by atoms with E-state index in [1.54, 1.807) is 0 Å². The molecule has 0 aromatic heterocycles. The molecule has 0 N–H and O–H groups in total. The average Bonchev–Trinajstić information content (AvgIpc) is 1.98. The largest absolute Gasteiger partial charge is 0.393 e. The zero-order valence-electron chi connectivity index (χ0n) is 8.26. The molecule has 0 saturated carbocycles. The highest BCUT2D eigenvalue weighted by atomic mass is 16.6. The van der Waals surface area contributed by atoms with Crippen LogP contribution in [0.4, 0.5) is 0 Å². The highest BCUT2D eigenvalue weighted by molar-refractivity contribution is 5.89. The minimum absolute atomic E-state index is 0.150. The third-order valence-corrected chi connectivity index (χ3v) is 2.50. The maximum Gasteiger partial charge on any atom is 0.314 e. The van der Waals surface area contributed by atoms with Gasteiger partial charge in [0.1, 0.15) is 0 Å². The van der Waals surface area contributed by atoms with Crippen molar-refractivity contribution >= 4 is 11.9 Å². The van der Waals surface area contributed by atoms with E-state index in [4.69, 9.17) is 0 Å². The standard InChI is InChI=1S/C10H16O3/c1-3-4-5-10(2)6-8(11)13-9(12)7-10/h3-7H2,1-2H3. The van der Waals surface area contributed by atoms with Crippen molar-refractivity contribution in [2.75, 3.05) is 0 Å². The molecule has 0 aromatic rings. The molecule has 1 rings (SSSR count). The highest BCUT2D eigenvalue weighted by Crippen LogP contribution is 2.35. The Bertz CT molecular complexity index is 204. The first-order valence-corrected chi connectivity index (χ1v) is 4.79. The summed E-state index contributed by atoms with van der Waals surface area (Å²) in [6.45, 7) is 4.09. The predicted molar refractivity (Wildman–Crippen MR) is 48.0 cm³/mol. The lowest BCUT2D eigenvalue weighted by Crippen LogP contribution is -2.33. The van der Waals surface area contributed by atoms with Crippen molar-refractivity contribution in [2.24, 2.45) is 5.41 Å². The topological polar surface area (TPSA) is 43.4 Å². The van der Waals surface area contributed by atoms with E-state index in [2.05, 4.69) is 11.7 Å². The summed E-state index contributed by atoms with van der Waals surface area (Å²) < 4.78 is 4.48. The maximum absolute atomic E-state index is 11.0. The van der Waals surface area contributed by atoms with E-state index < -0.39 is 0 Å². The highest BCUT2D eigenvalue weighted by Gasteiger charge is 2.36. The van der Waals surface area contributed by atoms with Gasteiger partial charge in [-0.3, -0.25) is 9.59 Å². The van der Waals surface area contributed by atoms with Crippen molar-refractivity contribution in [1.29, 1.82) is 0 Å². The lowest BCUT2D eigenvalue weighted by atomic mass is 9.77. The lowest BCUT2D eigenvalue weighted by Gasteiger charge is -2.30. The van der Waals surface area contributed by atoms with E-state index in [-0.39, 0.29) is 17.4 Å². The number of cyclic esters (lactones) is 2. The van der Waals surface area contributed by atoms with Crippen LogP contribution in [0.3, 0.4) is 0 Å². The molecule has 3 heteroatoms. The van der Waals surface area contributed by atoms with Gasteiger partial charge in [-0.25, -0.2) is 0 Å². The second-order valence-corrected chi connectivity index (χ2v) is 4.11. The first kappa shape index (κ1) is 10.2. The number of hydrogen-bond acceptors (Lipinski definition) is 3. The molecule has 0 aromatic carbocycles. The van der Waals surface area contributed by atoms with Gasteiger partial charge in [-0.15, -0.1) is 0 Å². The van der Waals surface area contributed by atoms with Crippen LogP contribution in [-0.4, -0.2) is 11.9 Å². The van der Waals surface area contributed by atoms with E-state index in [9.17, 15) is 9.59 Å². The molecule has 0 atom stereocenters. The summed E-state index contributed by atoms with van der Waals surface area (Å²) in [4.78, 5) is 22.0. The van der Waals surface area contributed by atoms with Gasteiger partial charge in [0, 0.05) is 0 Å². The predicted octanol–water partition coefficient (Wildman–Crippen LogP) is 2.05. The Labute approximate surface area is 78.5 Å². The van der Waals surface area contributed by atoms with Gasteiger partial charge in [-0.2, -0.15) is 0 Å². The molecule has 74 valence electrons. The van der Waals surface area contributed by atoms with Crippen LogP contribution in [0.15, 0.2) is 0 Å². The van der Waals surface area contributed by atoms with E-state index in [1.807, 2.05) is 6.92 Å². The fraction of sp³-hybridized carbons (Fsp3) is 0.800. The lowest BCUT2D eigenvalue weighted by molar-refractivity contribution is -0.168. The van der Waals surface area contributed by atoms with E-state index in [0.29, 0.717) is 12.8 Å². The molecule has 1 aliphatic heterocycles. The second-order valence-electron chi connectivity index (χ2n) is 4.11. The van der Waals surface area contributed by atoms with Crippen LogP contribution in [-0.2, 0) is 14.3 Å². The molecule has 0 bridgehead atoms. The van der Waals surface area contributed by atoms with Crippen LogP contribution in [0.1, 0.15) is 46.0 Å². The molecule has 1 heterocycles. The normalized spacial score (nSPS) is 21.4. The van der Waals surface area contributed by atoms with Gasteiger partial charge >= 0.3 is 11.9 Å². The van der Waals surface area contributed by atoms with Crippen LogP contribution < -0.4 is 0 Å². The van der Waals surface area contributed by atoms with Gasteiger partial charge in [0.15, 0.2) is 0 Å². The molecule has 0 unspecified atom stereocenters. The Morgan fingerprint density at radius 2 is 1.85 bits per heavy atom. The van der Waals surface area contributed by atoms with Crippen molar-refractivity contribution in [3.05, 3.63) is 0 Å². The van der Waals surface area contributed by atoms with Crippen LogP contribution in [0, 0.1) is 5.41 Å².